The second-order valence-corrected chi connectivity index (χ2v) is 3.72. The van der Waals surface area contributed by atoms with Crippen LogP contribution in [0.15, 0.2) is 0 Å². The minimum Gasteiger partial charge on any atom is -0.338 e. The Morgan fingerprint density at radius 1 is 1.91 bits per heavy atom. The van der Waals surface area contributed by atoms with Crippen molar-refractivity contribution in [3.8, 4) is 0 Å². The van der Waals surface area contributed by atoms with E-state index >= 15 is 0 Å². The molecule has 2 unspecified atom stereocenters. The summed E-state index contributed by atoms with van der Waals surface area (Å²) in [4.78, 5) is 13.0. The van der Waals surface area contributed by atoms with E-state index in [0.29, 0.717) is 13.0 Å². The average molecular weight is 174 g/mol. The van der Waals surface area contributed by atoms with Gasteiger partial charge in [0.05, 0.1) is 0 Å². The molecule has 0 saturated carbocycles. The van der Waals surface area contributed by atoms with Gasteiger partial charge in [-0.25, -0.2) is 0 Å². The molecule has 0 radical (unpaired) electrons. The number of likely N-dealkylation sites (tertiary alicyclic amines) is 1. The normalized spacial score (nSPS) is 27.7. The zero-order chi connectivity index (χ0) is 8.43. The second kappa shape index (κ2) is 3.45. The lowest BCUT2D eigenvalue weighted by molar-refractivity contribution is -0.129. The molecular formula is C7H14N2OS. The van der Waals surface area contributed by atoms with Gasteiger partial charge in [-0.3, -0.25) is 4.79 Å². The number of hydrogen-bond acceptors (Lipinski definition) is 3. The zero-order valence-corrected chi connectivity index (χ0v) is 7.55. The summed E-state index contributed by atoms with van der Waals surface area (Å²) >= 11 is 4.24. The summed E-state index contributed by atoms with van der Waals surface area (Å²) in [5.74, 6) is 0.183. The number of carbonyl (C=O) groups is 1. The first-order valence-corrected chi connectivity index (χ1v) is 4.34. The van der Waals surface area contributed by atoms with Crippen molar-refractivity contribution < 1.29 is 4.79 Å². The Kier molecular flexibility index (Phi) is 2.78. The molecule has 11 heavy (non-hydrogen) atoms. The number of carbonyl (C=O) groups excluding carboxylic acids is 1. The minimum absolute atomic E-state index is 0.166. The van der Waals surface area contributed by atoms with Gasteiger partial charge in [-0.15, -0.1) is 0 Å². The Morgan fingerprint density at radius 2 is 2.55 bits per heavy atom. The largest absolute Gasteiger partial charge is 0.338 e. The molecule has 1 heterocycles. The first-order valence-electron chi connectivity index (χ1n) is 3.82. The van der Waals surface area contributed by atoms with Crippen LogP contribution in [0.25, 0.3) is 0 Å². The van der Waals surface area contributed by atoms with Gasteiger partial charge < -0.3 is 10.6 Å². The Labute approximate surface area is 72.3 Å². The topological polar surface area (TPSA) is 46.3 Å². The van der Waals surface area contributed by atoms with Crippen LogP contribution in [0.2, 0.25) is 0 Å². The predicted octanol–water partition coefficient (Wildman–Crippen LogP) is -0.136. The molecule has 1 aliphatic heterocycles. The van der Waals surface area contributed by atoms with Crippen molar-refractivity contribution in [1.29, 1.82) is 0 Å². The smallest absolute Gasteiger partial charge is 0.224 e. The Bertz CT molecular complexity index is 163. The van der Waals surface area contributed by atoms with Gasteiger partial charge in [0.15, 0.2) is 0 Å². The van der Waals surface area contributed by atoms with Crippen molar-refractivity contribution in [2.75, 3.05) is 13.1 Å². The van der Waals surface area contributed by atoms with Crippen molar-refractivity contribution >= 4 is 18.5 Å². The zero-order valence-electron chi connectivity index (χ0n) is 6.66. The van der Waals surface area contributed by atoms with E-state index in [1.807, 2.05) is 6.92 Å². The molecule has 0 spiro atoms. The fourth-order valence-electron chi connectivity index (χ4n) is 1.27. The lowest BCUT2D eigenvalue weighted by Crippen LogP contribution is -2.39. The lowest BCUT2D eigenvalue weighted by atomic mass is 10.3. The number of thiol groups is 1. The van der Waals surface area contributed by atoms with Crippen LogP contribution in [0, 0.1) is 0 Å². The van der Waals surface area contributed by atoms with Crippen LogP contribution in [0.4, 0.5) is 0 Å². The highest BCUT2D eigenvalue weighted by Gasteiger charge is 2.29. The summed E-state index contributed by atoms with van der Waals surface area (Å²) in [5.41, 5.74) is 5.44. The van der Waals surface area contributed by atoms with E-state index in [0.717, 1.165) is 6.54 Å². The van der Waals surface area contributed by atoms with Crippen LogP contribution in [-0.2, 0) is 4.79 Å². The third kappa shape index (κ3) is 1.87. The van der Waals surface area contributed by atoms with E-state index in [2.05, 4.69) is 12.6 Å². The van der Waals surface area contributed by atoms with Crippen molar-refractivity contribution in [2.45, 2.75) is 24.6 Å². The van der Waals surface area contributed by atoms with Crippen molar-refractivity contribution in [2.24, 2.45) is 5.73 Å². The third-order valence-corrected chi connectivity index (χ3v) is 2.36. The van der Waals surface area contributed by atoms with Crippen LogP contribution in [0.3, 0.4) is 0 Å². The third-order valence-electron chi connectivity index (χ3n) is 2.01. The summed E-state index contributed by atoms with van der Waals surface area (Å²) in [6, 6.07) is 0.166. The second-order valence-electron chi connectivity index (χ2n) is 2.99. The maximum absolute atomic E-state index is 11.2. The van der Waals surface area contributed by atoms with Gasteiger partial charge in [0.25, 0.3) is 0 Å². The van der Waals surface area contributed by atoms with Gasteiger partial charge in [0, 0.05) is 30.8 Å². The molecule has 1 fully saturated rings. The Morgan fingerprint density at radius 3 is 2.91 bits per heavy atom. The lowest BCUT2D eigenvalue weighted by Gasteiger charge is -2.22. The number of hydrogen-bond donors (Lipinski definition) is 2. The van der Waals surface area contributed by atoms with Crippen LogP contribution < -0.4 is 5.73 Å². The highest BCUT2D eigenvalue weighted by atomic mass is 32.1. The number of nitrogens with zero attached hydrogens (tertiary/aromatic N) is 1. The number of rotatable bonds is 2. The van der Waals surface area contributed by atoms with E-state index in [9.17, 15) is 4.79 Å². The Hall–Kier alpha value is -0.220. The molecule has 1 aliphatic rings. The van der Waals surface area contributed by atoms with Gasteiger partial charge in [-0.1, -0.05) is 0 Å². The Balaban J connectivity index is 2.52. The minimum atomic E-state index is 0.166. The molecule has 2 N–H and O–H groups in total. The van der Waals surface area contributed by atoms with Crippen molar-refractivity contribution in [3.63, 3.8) is 0 Å². The van der Waals surface area contributed by atoms with Gasteiger partial charge in [0.2, 0.25) is 5.91 Å². The molecule has 0 aliphatic carbocycles. The molecule has 2 atom stereocenters. The molecule has 4 heteroatoms. The number of nitrogens with two attached hydrogens (primary N) is 1. The average Bonchev–Trinajstić information content (AvgIpc) is 2.28. The predicted molar refractivity (Wildman–Crippen MR) is 47.6 cm³/mol. The van der Waals surface area contributed by atoms with Gasteiger partial charge in [-0.2, -0.15) is 12.6 Å². The summed E-state index contributed by atoms with van der Waals surface area (Å²) < 4.78 is 0. The summed E-state index contributed by atoms with van der Waals surface area (Å²) in [6.45, 7) is 3.25. The summed E-state index contributed by atoms with van der Waals surface area (Å²) in [7, 11) is 0. The molecule has 1 saturated heterocycles. The maximum Gasteiger partial charge on any atom is 0.224 e. The molecule has 0 aromatic rings. The molecule has 1 amide bonds. The molecule has 0 bridgehead atoms. The molecule has 0 aromatic carbocycles. The van der Waals surface area contributed by atoms with Crippen LogP contribution in [0.5, 0.6) is 0 Å². The van der Waals surface area contributed by atoms with Crippen LogP contribution >= 0.6 is 12.6 Å². The van der Waals surface area contributed by atoms with E-state index in [1.165, 1.54) is 0 Å². The fraction of sp³-hybridized carbons (Fsp3) is 0.857. The van der Waals surface area contributed by atoms with Gasteiger partial charge in [0.1, 0.15) is 0 Å². The van der Waals surface area contributed by atoms with E-state index < -0.39 is 0 Å². The van der Waals surface area contributed by atoms with Gasteiger partial charge in [-0.05, 0) is 6.92 Å². The first-order chi connectivity index (χ1) is 5.15. The molecule has 3 nitrogen and oxygen atoms in total. The van der Waals surface area contributed by atoms with Gasteiger partial charge >= 0.3 is 0 Å². The fourth-order valence-corrected chi connectivity index (χ4v) is 1.60. The van der Waals surface area contributed by atoms with Crippen molar-refractivity contribution in [1.82, 2.24) is 4.90 Å². The van der Waals surface area contributed by atoms with E-state index in [4.69, 9.17) is 5.73 Å². The van der Waals surface area contributed by atoms with Crippen molar-refractivity contribution in [3.05, 3.63) is 0 Å². The standard InChI is InChI=1S/C7H14N2OS/c1-5(3-8)9-4-6(11)2-7(9)10/h5-6,11H,2-4,8H2,1H3. The highest BCUT2D eigenvalue weighted by Crippen LogP contribution is 2.17. The SMILES string of the molecule is CC(CN)N1CC(S)CC1=O. The maximum atomic E-state index is 11.2. The van der Waals surface area contributed by atoms with Crippen LogP contribution in [0.1, 0.15) is 13.3 Å². The highest BCUT2D eigenvalue weighted by molar-refractivity contribution is 7.81. The summed E-state index contributed by atoms with van der Waals surface area (Å²) in [6.07, 6.45) is 0.563. The van der Waals surface area contributed by atoms with Crippen LogP contribution in [-0.4, -0.2) is 35.2 Å². The van der Waals surface area contributed by atoms with E-state index in [1.54, 1.807) is 4.90 Å². The first kappa shape index (κ1) is 8.87. The monoisotopic (exact) mass is 174 g/mol. The molecule has 0 aromatic heterocycles. The molecule has 1 rings (SSSR count). The molecule has 64 valence electrons. The quantitative estimate of drug-likeness (QED) is 0.573. The number of amides is 1. The molecular weight excluding hydrogens is 160 g/mol. The summed E-state index contributed by atoms with van der Waals surface area (Å²) in [5, 5.41) is 0.205. The van der Waals surface area contributed by atoms with E-state index in [-0.39, 0.29) is 17.2 Å².